The van der Waals surface area contributed by atoms with E-state index in [9.17, 15) is 4.79 Å². The first-order valence-corrected chi connectivity index (χ1v) is 11.3. The maximum Gasteiger partial charge on any atom is 0.243 e. The summed E-state index contributed by atoms with van der Waals surface area (Å²) in [4.78, 5) is 19.1. The van der Waals surface area contributed by atoms with Gasteiger partial charge in [-0.15, -0.1) is 11.8 Å². The van der Waals surface area contributed by atoms with E-state index in [0.717, 1.165) is 25.1 Å². The Labute approximate surface area is 182 Å². The van der Waals surface area contributed by atoms with E-state index in [1.807, 2.05) is 18.2 Å². The van der Waals surface area contributed by atoms with Crippen LogP contribution in [0, 0.1) is 0 Å². The summed E-state index contributed by atoms with van der Waals surface area (Å²) in [6.07, 6.45) is 1.46. The predicted octanol–water partition coefficient (Wildman–Crippen LogP) is 1.32. The van der Waals surface area contributed by atoms with Gasteiger partial charge in [-0.3, -0.25) is 4.79 Å². The van der Waals surface area contributed by atoms with Crippen molar-refractivity contribution in [3.63, 3.8) is 0 Å². The van der Waals surface area contributed by atoms with Gasteiger partial charge in [0, 0.05) is 50.7 Å². The molecular weight excluding hydrogens is 404 g/mol. The number of ether oxygens (including phenoxy) is 3. The topological polar surface area (TPSA) is 84.4 Å². The number of hydrogen-bond donors (Lipinski definition) is 2. The van der Waals surface area contributed by atoms with Crippen LogP contribution in [0.5, 0.6) is 0 Å². The summed E-state index contributed by atoms with van der Waals surface area (Å²) in [7, 11) is 3.46. The van der Waals surface area contributed by atoms with Gasteiger partial charge in [-0.2, -0.15) is 0 Å². The Balaban J connectivity index is 1.46. The normalized spacial score (nSPS) is 20.9. The zero-order valence-corrected chi connectivity index (χ0v) is 18.6. The van der Waals surface area contributed by atoms with Gasteiger partial charge < -0.3 is 29.7 Å². The Morgan fingerprint density at radius 2 is 2.00 bits per heavy atom. The van der Waals surface area contributed by atoms with Crippen molar-refractivity contribution in [1.29, 1.82) is 0 Å². The lowest BCUT2D eigenvalue weighted by molar-refractivity contribution is -0.210. The van der Waals surface area contributed by atoms with Crippen LogP contribution in [0.15, 0.2) is 40.2 Å². The fraction of sp³-hybridized carbons (Fsp3) is 0.619. The molecule has 0 saturated carbocycles. The lowest BCUT2D eigenvalue weighted by Crippen LogP contribution is -2.44. The molecule has 2 aliphatic heterocycles. The van der Waals surface area contributed by atoms with Gasteiger partial charge in [-0.25, -0.2) is 4.99 Å². The van der Waals surface area contributed by atoms with E-state index in [0.29, 0.717) is 32.3 Å². The van der Waals surface area contributed by atoms with Crippen molar-refractivity contribution in [3.8, 4) is 0 Å². The number of nitrogens with one attached hydrogen (secondary N) is 2. The summed E-state index contributed by atoms with van der Waals surface area (Å²) in [5, 5.41) is 6.61. The molecule has 2 saturated heterocycles. The highest BCUT2D eigenvalue weighted by Crippen LogP contribution is 2.32. The number of aliphatic imine (C=N–C) groups is 1. The first kappa shape index (κ1) is 22.9. The van der Waals surface area contributed by atoms with Crippen molar-refractivity contribution in [2.45, 2.75) is 29.6 Å². The number of hydrogen-bond acceptors (Lipinski definition) is 6. The molecule has 2 N–H and O–H groups in total. The second-order valence-electron chi connectivity index (χ2n) is 7.50. The third-order valence-electron chi connectivity index (χ3n) is 4.94. The number of carbonyl (C=O) groups excluding carboxylic acids is 1. The summed E-state index contributed by atoms with van der Waals surface area (Å²) >= 11 is 1.77. The highest BCUT2D eigenvalue weighted by molar-refractivity contribution is 7.99. The second-order valence-corrected chi connectivity index (χ2v) is 8.66. The Morgan fingerprint density at radius 3 is 2.73 bits per heavy atom. The predicted molar refractivity (Wildman–Crippen MR) is 118 cm³/mol. The number of likely N-dealkylation sites (N-methyl/N-ethyl adjacent to an activating group) is 1. The minimum Gasteiger partial charge on any atom is -0.381 e. The molecule has 0 radical (unpaired) electrons. The van der Waals surface area contributed by atoms with Gasteiger partial charge in [-0.05, 0) is 12.1 Å². The van der Waals surface area contributed by atoms with E-state index in [1.165, 1.54) is 9.80 Å². The second kappa shape index (κ2) is 11.5. The fourth-order valence-electron chi connectivity index (χ4n) is 3.19. The van der Waals surface area contributed by atoms with Gasteiger partial charge in [-0.1, -0.05) is 18.2 Å². The van der Waals surface area contributed by atoms with Crippen LogP contribution in [-0.4, -0.2) is 88.0 Å². The standard InChI is InChI=1S/C21H32N4O4S/c1-25(2)19(26)15-24-20(22-10-13-30-18-6-4-3-5-7-18)23-14-17-16-28-21(29-17)8-11-27-12-9-21/h3-7,17H,8-16H2,1-2H3,(H2,22,23,24). The van der Waals surface area contributed by atoms with Gasteiger partial charge in [0.25, 0.3) is 0 Å². The SMILES string of the molecule is CN(C)C(=O)CN=C(NCCSc1ccccc1)NCC1COC2(CCOCC2)O1. The Kier molecular flexibility index (Phi) is 8.80. The molecule has 1 spiro atoms. The number of rotatable bonds is 8. The van der Waals surface area contributed by atoms with Gasteiger partial charge in [0.2, 0.25) is 5.91 Å². The monoisotopic (exact) mass is 436 g/mol. The molecule has 0 aliphatic carbocycles. The number of thioether (sulfide) groups is 1. The van der Waals surface area contributed by atoms with E-state index in [2.05, 4.69) is 27.8 Å². The number of nitrogens with zero attached hydrogens (tertiary/aromatic N) is 2. The van der Waals surface area contributed by atoms with Gasteiger partial charge >= 0.3 is 0 Å². The van der Waals surface area contributed by atoms with Crippen molar-refractivity contribution in [1.82, 2.24) is 15.5 Å². The smallest absolute Gasteiger partial charge is 0.243 e. The number of benzene rings is 1. The van der Waals surface area contributed by atoms with Crippen molar-refractivity contribution >= 4 is 23.6 Å². The zero-order chi connectivity index (χ0) is 21.2. The zero-order valence-electron chi connectivity index (χ0n) is 17.8. The molecule has 2 aliphatic rings. The van der Waals surface area contributed by atoms with Crippen LogP contribution < -0.4 is 10.6 Å². The van der Waals surface area contributed by atoms with Crippen LogP contribution in [-0.2, 0) is 19.0 Å². The molecule has 2 heterocycles. The summed E-state index contributed by atoms with van der Waals surface area (Å²) in [5.41, 5.74) is 0. The van der Waals surface area contributed by atoms with Gasteiger partial charge in [0.1, 0.15) is 12.6 Å². The summed E-state index contributed by atoms with van der Waals surface area (Å²) in [5.74, 6) is 0.952. The lowest BCUT2D eigenvalue weighted by atomic mass is 10.1. The van der Waals surface area contributed by atoms with E-state index < -0.39 is 5.79 Å². The average Bonchev–Trinajstić information content (AvgIpc) is 3.15. The molecule has 1 amide bonds. The van der Waals surface area contributed by atoms with Crippen LogP contribution in [0.1, 0.15) is 12.8 Å². The number of amides is 1. The molecule has 1 unspecified atom stereocenters. The fourth-order valence-corrected chi connectivity index (χ4v) is 3.98. The Bertz CT molecular complexity index is 696. The van der Waals surface area contributed by atoms with E-state index >= 15 is 0 Å². The molecule has 9 heteroatoms. The first-order chi connectivity index (χ1) is 14.6. The molecule has 166 valence electrons. The summed E-state index contributed by atoms with van der Waals surface area (Å²) in [6, 6.07) is 10.3. The van der Waals surface area contributed by atoms with Crippen molar-refractivity contribution in [3.05, 3.63) is 30.3 Å². The minimum atomic E-state index is -0.497. The molecular formula is C21H32N4O4S. The van der Waals surface area contributed by atoms with Crippen molar-refractivity contribution in [2.75, 3.05) is 59.3 Å². The molecule has 30 heavy (non-hydrogen) atoms. The first-order valence-electron chi connectivity index (χ1n) is 10.4. The summed E-state index contributed by atoms with van der Waals surface area (Å²) in [6.45, 7) is 3.26. The Morgan fingerprint density at radius 1 is 1.23 bits per heavy atom. The Hall–Kier alpha value is -1.81. The van der Waals surface area contributed by atoms with E-state index in [-0.39, 0.29) is 18.6 Å². The van der Waals surface area contributed by atoms with Crippen LogP contribution in [0.2, 0.25) is 0 Å². The lowest BCUT2D eigenvalue weighted by Gasteiger charge is -2.31. The molecule has 0 bridgehead atoms. The molecule has 2 fully saturated rings. The van der Waals surface area contributed by atoms with Crippen LogP contribution in [0.25, 0.3) is 0 Å². The maximum atomic E-state index is 11.9. The number of carbonyl (C=O) groups is 1. The molecule has 1 aromatic carbocycles. The average molecular weight is 437 g/mol. The molecule has 3 rings (SSSR count). The molecule has 0 aromatic heterocycles. The van der Waals surface area contributed by atoms with Gasteiger partial charge in [0.15, 0.2) is 11.7 Å². The quantitative estimate of drug-likeness (QED) is 0.275. The molecule has 1 aromatic rings. The highest BCUT2D eigenvalue weighted by Gasteiger charge is 2.42. The molecule has 8 nitrogen and oxygen atoms in total. The molecule has 1 atom stereocenters. The third kappa shape index (κ3) is 7.16. The third-order valence-corrected chi connectivity index (χ3v) is 5.96. The van der Waals surface area contributed by atoms with E-state index in [1.54, 1.807) is 25.9 Å². The number of guanidine groups is 1. The minimum absolute atomic E-state index is 0.0450. The summed E-state index contributed by atoms with van der Waals surface area (Å²) < 4.78 is 17.5. The maximum absolute atomic E-state index is 11.9. The largest absolute Gasteiger partial charge is 0.381 e. The van der Waals surface area contributed by atoms with Crippen molar-refractivity contribution < 1.29 is 19.0 Å². The van der Waals surface area contributed by atoms with Gasteiger partial charge in [0.05, 0.1) is 19.8 Å². The van der Waals surface area contributed by atoms with Crippen molar-refractivity contribution in [2.24, 2.45) is 4.99 Å². The van der Waals surface area contributed by atoms with Crippen LogP contribution in [0.4, 0.5) is 0 Å². The van der Waals surface area contributed by atoms with Crippen LogP contribution >= 0.6 is 11.8 Å². The highest BCUT2D eigenvalue weighted by atomic mass is 32.2. The van der Waals surface area contributed by atoms with E-state index in [4.69, 9.17) is 14.2 Å². The van der Waals surface area contributed by atoms with Crippen LogP contribution in [0.3, 0.4) is 0 Å².